The lowest BCUT2D eigenvalue weighted by molar-refractivity contribution is -0.138. The first-order valence-corrected chi connectivity index (χ1v) is 6.74. The summed E-state index contributed by atoms with van der Waals surface area (Å²) in [6.07, 6.45) is 0.963. The molecule has 6 heteroatoms. The number of carbonyl (C=O) groups excluding carboxylic acids is 2. The molecule has 0 bridgehead atoms. The molecule has 20 heavy (non-hydrogen) atoms. The highest BCUT2D eigenvalue weighted by Gasteiger charge is 2.38. The molecule has 0 radical (unpaired) electrons. The van der Waals surface area contributed by atoms with Crippen LogP contribution in [0.3, 0.4) is 0 Å². The number of amides is 2. The Balaban J connectivity index is 1.78. The number of hydrogen-bond acceptors (Lipinski definition) is 4. The summed E-state index contributed by atoms with van der Waals surface area (Å²) in [5.41, 5.74) is 1.73. The first kappa shape index (κ1) is 12.7. The lowest BCUT2D eigenvalue weighted by Crippen LogP contribution is -2.35. The van der Waals surface area contributed by atoms with Crippen LogP contribution in [0, 0.1) is 0 Å². The minimum absolute atomic E-state index is 0.120. The van der Waals surface area contributed by atoms with Crippen LogP contribution < -0.4 is 5.32 Å². The Bertz CT molecular complexity index is 631. The molecule has 2 amide bonds. The van der Waals surface area contributed by atoms with Crippen LogP contribution in [0.1, 0.15) is 19.8 Å². The highest BCUT2D eigenvalue weighted by molar-refractivity contribution is 6.06. The first-order chi connectivity index (χ1) is 9.69. The van der Waals surface area contributed by atoms with Gasteiger partial charge in [-0.1, -0.05) is 19.1 Å². The molecule has 2 aromatic rings. The Morgan fingerprint density at radius 1 is 1.40 bits per heavy atom. The molecule has 1 fully saturated rings. The lowest BCUT2D eigenvalue weighted by atomic mass is 10.2. The Labute approximate surface area is 116 Å². The molecule has 0 aliphatic carbocycles. The Kier molecular flexibility index (Phi) is 3.14. The number of aromatic nitrogens is 2. The largest absolute Gasteiger partial charge is 0.343 e. The number of nitrogens with zero attached hydrogens (tertiary/aromatic N) is 2. The number of fused-ring (bicyclic) bond motifs is 1. The predicted molar refractivity (Wildman–Crippen MR) is 75.1 cm³/mol. The number of nitrogens with one attached hydrogen (secondary N) is 2. The molecule has 1 unspecified atom stereocenters. The van der Waals surface area contributed by atoms with E-state index in [1.807, 2.05) is 31.2 Å². The molecule has 0 spiro atoms. The van der Waals surface area contributed by atoms with Crippen LogP contribution >= 0.6 is 0 Å². The van der Waals surface area contributed by atoms with Crippen LogP contribution in [0.25, 0.3) is 11.0 Å². The van der Waals surface area contributed by atoms with Crippen molar-refractivity contribution < 1.29 is 9.59 Å². The van der Waals surface area contributed by atoms with Gasteiger partial charge in [-0.25, -0.2) is 4.98 Å². The molecular formula is C14H16N4O2. The summed E-state index contributed by atoms with van der Waals surface area (Å²) in [6, 6.07) is 7.10. The third kappa shape index (κ3) is 2.13. The Hall–Kier alpha value is -2.37. The fourth-order valence-electron chi connectivity index (χ4n) is 2.44. The fourth-order valence-corrected chi connectivity index (χ4v) is 2.44. The van der Waals surface area contributed by atoms with Crippen molar-refractivity contribution in [1.29, 1.82) is 0 Å². The molecule has 6 nitrogen and oxygen atoms in total. The van der Waals surface area contributed by atoms with Gasteiger partial charge in [0.25, 0.3) is 5.91 Å². The number of rotatable bonds is 4. The fraction of sp³-hybridized carbons (Fsp3) is 0.357. The number of imide groups is 1. The van der Waals surface area contributed by atoms with E-state index in [9.17, 15) is 9.59 Å². The quantitative estimate of drug-likeness (QED) is 0.827. The highest BCUT2D eigenvalue weighted by Crippen LogP contribution is 2.19. The normalized spacial score (nSPS) is 19.1. The molecule has 1 aromatic heterocycles. The van der Waals surface area contributed by atoms with E-state index in [0.717, 1.165) is 17.5 Å². The predicted octanol–water partition coefficient (Wildman–Crippen LogP) is 1.51. The average molecular weight is 272 g/mol. The summed E-state index contributed by atoms with van der Waals surface area (Å²) < 4.78 is 0. The lowest BCUT2D eigenvalue weighted by Gasteiger charge is -2.13. The zero-order chi connectivity index (χ0) is 14.1. The smallest absolute Gasteiger partial charge is 0.252 e. The van der Waals surface area contributed by atoms with Crippen molar-refractivity contribution in [2.75, 3.05) is 11.9 Å². The number of imidazole rings is 1. The van der Waals surface area contributed by atoms with Crippen molar-refractivity contribution in [3.8, 4) is 0 Å². The molecule has 1 aliphatic rings. The van der Waals surface area contributed by atoms with E-state index < -0.39 is 6.04 Å². The van der Waals surface area contributed by atoms with Gasteiger partial charge in [0.15, 0.2) is 0 Å². The van der Waals surface area contributed by atoms with E-state index in [-0.39, 0.29) is 18.2 Å². The van der Waals surface area contributed by atoms with E-state index in [2.05, 4.69) is 15.3 Å². The Morgan fingerprint density at radius 2 is 2.20 bits per heavy atom. The van der Waals surface area contributed by atoms with Gasteiger partial charge >= 0.3 is 0 Å². The average Bonchev–Trinajstić information content (AvgIpc) is 2.95. The van der Waals surface area contributed by atoms with E-state index >= 15 is 0 Å². The minimum Gasteiger partial charge on any atom is -0.343 e. The Morgan fingerprint density at radius 3 is 2.95 bits per heavy atom. The standard InChI is InChI=1S/C14H16N4O2/c1-2-7-18-12(19)8-11(13(18)20)17-14-15-9-5-3-4-6-10(9)16-14/h3-6,11H,2,7-8H2,1H3,(H2,15,16,17). The van der Waals surface area contributed by atoms with Crippen LogP contribution in [0.2, 0.25) is 0 Å². The van der Waals surface area contributed by atoms with Gasteiger partial charge in [0, 0.05) is 6.54 Å². The molecule has 0 saturated carbocycles. The van der Waals surface area contributed by atoms with Gasteiger partial charge in [-0.3, -0.25) is 14.5 Å². The third-order valence-electron chi connectivity index (χ3n) is 3.39. The van der Waals surface area contributed by atoms with Gasteiger partial charge in [0.1, 0.15) is 6.04 Å². The molecule has 1 aliphatic heterocycles. The van der Waals surface area contributed by atoms with Gasteiger partial charge in [-0.2, -0.15) is 0 Å². The summed E-state index contributed by atoms with van der Waals surface area (Å²) in [5.74, 6) is 0.235. The summed E-state index contributed by atoms with van der Waals surface area (Å²) in [4.78, 5) is 32.7. The van der Waals surface area contributed by atoms with Crippen LogP contribution in [0.4, 0.5) is 5.95 Å². The molecule has 1 atom stereocenters. The number of anilines is 1. The van der Waals surface area contributed by atoms with Crippen LogP contribution in [-0.4, -0.2) is 39.3 Å². The summed E-state index contributed by atoms with van der Waals surface area (Å²) in [6.45, 7) is 2.43. The van der Waals surface area contributed by atoms with Crippen molar-refractivity contribution >= 4 is 28.8 Å². The molecular weight excluding hydrogens is 256 g/mol. The van der Waals surface area contributed by atoms with Gasteiger partial charge in [-0.15, -0.1) is 0 Å². The zero-order valence-electron chi connectivity index (χ0n) is 11.2. The maximum absolute atomic E-state index is 12.1. The molecule has 1 aromatic carbocycles. The third-order valence-corrected chi connectivity index (χ3v) is 3.39. The van der Waals surface area contributed by atoms with Crippen molar-refractivity contribution in [2.45, 2.75) is 25.8 Å². The molecule has 2 N–H and O–H groups in total. The zero-order valence-corrected chi connectivity index (χ0v) is 11.2. The summed E-state index contributed by atoms with van der Waals surface area (Å²) >= 11 is 0. The second-order valence-corrected chi connectivity index (χ2v) is 4.89. The van der Waals surface area contributed by atoms with Crippen molar-refractivity contribution in [3.63, 3.8) is 0 Å². The summed E-state index contributed by atoms with van der Waals surface area (Å²) in [5, 5.41) is 3.02. The number of benzene rings is 1. The van der Waals surface area contributed by atoms with E-state index in [4.69, 9.17) is 0 Å². The van der Waals surface area contributed by atoms with E-state index in [0.29, 0.717) is 12.5 Å². The maximum Gasteiger partial charge on any atom is 0.252 e. The number of carbonyl (C=O) groups is 2. The topological polar surface area (TPSA) is 78.1 Å². The monoisotopic (exact) mass is 272 g/mol. The van der Waals surface area contributed by atoms with Crippen LogP contribution in [0.5, 0.6) is 0 Å². The van der Waals surface area contributed by atoms with Gasteiger partial charge in [0.2, 0.25) is 11.9 Å². The second-order valence-electron chi connectivity index (χ2n) is 4.89. The second kappa shape index (κ2) is 4.96. The van der Waals surface area contributed by atoms with Crippen molar-refractivity contribution in [3.05, 3.63) is 24.3 Å². The van der Waals surface area contributed by atoms with Crippen LogP contribution in [0.15, 0.2) is 24.3 Å². The number of likely N-dealkylation sites (tertiary alicyclic amines) is 1. The van der Waals surface area contributed by atoms with Crippen molar-refractivity contribution in [2.24, 2.45) is 0 Å². The molecule has 104 valence electrons. The maximum atomic E-state index is 12.1. The first-order valence-electron chi connectivity index (χ1n) is 6.74. The van der Waals surface area contributed by atoms with Gasteiger partial charge < -0.3 is 10.3 Å². The van der Waals surface area contributed by atoms with Gasteiger partial charge in [0.05, 0.1) is 17.5 Å². The molecule has 3 rings (SSSR count). The number of H-pyrrole nitrogens is 1. The number of hydrogen-bond donors (Lipinski definition) is 2. The van der Waals surface area contributed by atoms with Crippen molar-refractivity contribution in [1.82, 2.24) is 14.9 Å². The number of para-hydroxylation sites is 2. The SMILES string of the molecule is CCCN1C(=O)CC(Nc2nc3ccccc3[nH]2)C1=O. The van der Waals surface area contributed by atoms with Gasteiger partial charge in [-0.05, 0) is 18.6 Å². The van der Waals surface area contributed by atoms with Crippen LogP contribution in [-0.2, 0) is 9.59 Å². The molecule has 2 heterocycles. The van der Waals surface area contributed by atoms with E-state index in [1.54, 1.807) is 0 Å². The number of aromatic amines is 1. The molecule has 1 saturated heterocycles. The van der Waals surface area contributed by atoms with E-state index in [1.165, 1.54) is 4.90 Å². The minimum atomic E-state index is -0.519. The summed E-state index contributed by atoms with van der Waals surface area (Å²) in [7, 11) is 0. The highest BCUT2D eigenvalue weighted by atomic mass is 16.2.